The van der Waals surface area contributed by atoms with Gasteiger partial charge >= 0.3 is 11.9 Å². The van der Waals surface area contributed by atoms with Gasteiger partial charge in [-0.15, -0.1) is 0 Å². The molecule has 0 saturated heterocycles. The van der Waals surface area contributed by atoms with Crippen LogP contribution in [-0.4, -0.2) is 22.2 Å². The SMILES string of the molecule is O=C(O)C(CC1CCC1)C(=O)O. The third kappa shape index (κ3) is 1.96. The first kappa shape index (κ1) is 9.03. The van der Waals surface area contributed by atoms with Crippen LogP contribution in [0.5, 0.6) is 0 Å². The summed E-state index contributed by atoms with van der Waals surface area (Å²) in [5.41, 5.74) is 0. The van der Waals surface area contributed by atoms with Crippen molar-refractivity contribution in [2.45, 2.75) is 25.7 Å². The van der Waals surface area contributed by atoms with Gasteiger partial charge in [-0.05, 0) is 12.3 Å². The van der Waals surface area contributed by atoms with Gasteiger partial charge < -0.3 is 10.2 Å². The monoisotopic (exact) mass is 172 g/mol. The lowest BCUT2D eigenvalue weighted by atomic mass is 9.79. The first-order valence-electron chi connectivity index (χ1n) is 4.07. The zero-order chi connectivity index (χ0) is 9.14. The first-order valence-corrected chi connectivity index (χ1v) is 4.07. The van der Waals surface area contributed by atoms with E-state index in [0.717, 1.165) is 19.3 Å². The predicted octanol–water partition coefficient (Wildman–Crippen LogP) is 0.962. The smallest absolute Gasteiger partial charge is 0.317 e. The molecule has 0 heterocycles. The van der Waals surface area contributed by atoms with E-state index >= 15 is 0 Å². The lowest BCUT2D eigenvalue weighted by Gasteiger charge is -2.26. The van der Waals surface area contributed by atoms with Crippen LogP contribution in [0, 0.1) is 11.8 Å². The van der Waals surface area contributed by atoms with E-state index in [1.807, 2.05) is 0 Å². The highest BCUT2D eigenvalue weighted by Crippen LogP contribution is 2.32. The fourth-order valence-electron chi connectivity index (χ4n) is 1.37. The molecule has 0 bridgehead atoms. The quantitative estimate of drug-likeness (QED) is 0.619. The van der Waals surface area contributed by atoms with E-state index in [2.05, 4.69) is 0 Å². The molecule has 12 heavy (non-hydrogen) atoms. The molecule has 1 aliphatic rings. The van der Waals surface area contributed by atoms with Crippen LogP contribution in [0.3, 0.4) is 0 Å². The van der Waals surface area contributed by atoms with Gasteiger partial charge in [-0.1, -0.05) is 19.3 Å². The number of aliphatic carboxylic acids is 2. The molecule has 68 valence electrons. The normalized spacial score (nSPS) is 17.4. The van der Waals surface area contributed by atoms with Crippen molar-refractivity contribution in [2.24, 2.45) is 11.8 Å². The molecule has 4 nitrogen and oxygen atoms in total. The Kier molecular flexibility index (Phi) is 2.68. The maximum absolute atomic E-state index is 10.4. The van der Waals surface area contributed by atoms with Crippen molar-refractivity contribution in [3.63, 3.8) is 0 Å². The average Bonchev–Trinajstić information content (AvgIpc) is 1.82. The molecule has 0 aliphatic heterocycles. The van der Waals surface area contributed by atoms with E-state index in [1.165, 1.54) is 0 Å². The minimum atomic E-state index is -1.21. The van der Waals surface area contributed by atoms with Gasteiger partial charge in [0.2, 0.25) is 0 Å². The summed E-state index contributed by atoms with van der Waals surface area (Å²) in [6.45, 7) is 0. The summed E-state index contributed by atoms with van der Waals surface area (Å²) < 4.78 is 0. The van der Waals surface area contributed by atoms with Gasteiger partial charge in [-0.25, -0.2) is 0 Å². The fraction of sp³-hybridized carbons (Fsp3) is 0.750. The highest BCUT2D eigenvalue weighted by Gasteiger charge is 2.31. The van der Waals surface area contributed by atoms with Crippen LogP contribution in [-0.2, 0) is 9.59 Å². The third-order valence-corrected chi connectivity index (χ3v) is 2.39. The van der Waals surface area contributed by atoms with Crippen molar-refractivity contribution in [1.82, 2.24) is 0 Å². The van der Waals surface area contributed by atoms with Crippen molar-refractivity contribution >= 4 is 11.9 Å². The van der Waals surface area contributed by atoms with Gasteiger partial charge in [0.1, 0.15) is 0 Å². The highest BCUT2D eigenvalue weighted by molar-refractivity contribution is 5.92. The molecule has 0 aromatic carbocycles. The molecular formula is C8H12O4. The van der Waals surface area contributed by atoms with Crippen molar-refractivity contribution in [2.75, 3.05) is 0 Å². The van der Waals surface area contributed by atoms with E-state index < -0.39 is 17.9 Å². The number of hydrogen-bond donors (Lipinski definition) is 2. The minimum Gasteiger partial charge on any atom is -0.481 e. The fourth-order valence-corrected chi connectivity index (χ4v) is 1.37. The van der Waals surface area contributed by atoms with Gasteiger partial charge in [0.15, 0.2) is 5.92 Å². The Morgan fingerprint density at radius 2 is 1.75 bits per heavy atom. The molecule has 0 atom stereocenters. The molecule has 0 spiro atoms. The van der Waals surface area contributed by atoms with Crippen LogP contribution in [0.2, 0.25) is 0 Å². The molecule has 0 unspecified atom stereocenters. The molecule has 0 aromatic rings. The van der Waals surface area contributed by atoms with Crippen molar-refractivity contribution < 1.29 is 19.8 Å². The molecule has 4 heteroatoms. The Morgan fingerprint density at radius 1 is 1.25 bits per heavy atom. The Hall–Kier alpha value is -1.06. The van der Waals surface area contributed by atoms with E-state index in [0.29, 0.717) is 12.3 Å². The summed E-state index contributed by atoms with van der Waals surface area (Å²) in [5, 5.41) is 17.1. The molecule has 1 saturated carbocycles. The highest BCUT2D eigenvalue weighted by atomic mass is 16.4. The summed E-state index contributed by atoms with van der Waals surface area (Å²) in [6, 6.07) is 0. The van der Waals surface area contributed by atoms with Crippen molar-refractivity contribution in [3.8, 4) is 0 Å². The molecule has 2 N–H and O–H groups in total. The van der Waals surface area contributed by atoms with E-state index in [-0.39, 0.29) is 0 Å². The van der Waals surface area contributed by atoms with Gasteiger partial charge in [0, 0.05) is 0 Å². The molecular weight excluding hydrogens is 160 g/mol. The van der Waals surface area contributed by atoms with E-state index in [9.17, 15) is 9.59 Å². The Balaban J connectivity index is 2.42. The van der Waals surface area contributed by atoms with Gasteiger partial charge in [0.05, 0.1) is 0 Å². The predicted molar refractivity (Wildman–Crippen MR) is 40.7 cm³/mol. The summed E-state index contributed by atoms with van der Waals surface area (Å²) >= 11 is 0. The maximum atomic E-state index is 10.4. The number of hydrogen-bond acceptors (Lipinski definition) is 2. The summed E-state index contributed by atoms with van der Waals surface area (Å²) in [4.78, 5) is 20.9. The van der Waals surface area contributed by atoms with Crippen LogP contribution >= 0.6 is 0 Å². The zero-order valence-electron chi connectivity index (χ0n) is 6.69. The molecule has 0 aromatic heterocycles. The van der Waals surface area contributed by atoms with Crippen LogP contribution in [0.25, 0.3) is 0 Å². The summed E-state index contributed by atoms with van der Waals surface area (Å²) in [7, 11) is 0. The van der Waals surface area contributed by atoms with Gasteiger partial charge in [-0.2, -0.15) is 0 Å². The number of carboxylic acids is 2. The molecule has 0 amide bonds. The van der Waals surface area contributed by atoms with Crippen molar-refractivity contribution in [3.05, 3.63) is 0 Å². The summed E-state index contributed by atoms with van der Waals surface area (Å²) in [6.07, 6.45) is 3.37. The van der Waals surface area contributed by atoms with Crippen LogP contribution < -0.4 is 0 Å². The number of carbonyl (C=O) groups is 2. The standard InChI is InChI=1S/C8H12O4/c9-7(10)6(8(11)12)4-5-2-1-3-5/h5-6H,1-4H2,(H,9,10)(H,11,12). The Labute approximate surface area is 70.2 Å². The maximum Gasteiger partial charge on any atom is 0.317 e. The lowest BCUT2D eigenvalue weighted by molar-refractivity contribution is -0.155. The second kappa shape index (κ2) is 3.56. The van der Waals surface area contributed by atoms with Crippen LogP contribution in [0.15, 0.2) is 0 Å². The number of carboxylic acid groups (broad SMARTS) is 2. The zero-order valence-corrected chi connectivity index (χ0v) is 6.69. The molecule has 0 radical (unpaired) electrons. The Bertz CT molecular complexity index is 181. The second-order valence-corrected chi connectivity index (χ2v) is 3.26. The van der Waals surface area contributed by atoms with Crippen LogP contribution in [0.1, 0.15) is 25.7 Å². The Morgan fingerprint density at radius 3 is 2.00 bits per heavy atom. The summed E-state index contributed by atoms with van der Waals surface area (Å²) in [5.74, 6) is -3.30. The largest absolute Gasteiger partial charge is 0.481 e. The van der Waals surface area contributed by atoms with Gasteiger partial charge in [-0.3, -0.25) is 9.59 Å². The van der Waals surface area contributed by atoms with E-state index in [4.69, 9.17) is 10.2 Å². The average molecular weight is 172 g/mol. The van der Waals surface area contributed by atoms with Crippen LogP contribution in [0.4, 0.5) is 0 Å². The van der Waals surface area contributed by atoms with Crippen molar-refractivity contribution in [1.29, 1.82) is 0 Å². The number of rotatable bonds is 4. The molecule has 1 aliphatic carbocycles. The molecule has 1 fully saturated rings. The first-order chi connectivity index (χ1) is 5.61. The minimum absolute atomic E-state index is 0.296. The topological polar surface area (TPSA) is 74.6 Å². The second-order valence-electron chi connectivity index (χ2n) is 3.26. The van der Waals surface area contributed by atoms with Gasteiger partial charge in [0.25, 0.3) is 0 Å². The molecule has 1 rings (SSSR count). The third-order valence-electron chi connectivity index (χ3n) is 2.39. The van der Waals surface area contributed by atoms with E-state index in [1.54, 1.807) is 0 Å². The lowest BCUT2D eigenvalue weighted by Crippen LogP contribution is -2.28.